The summed E-state index contributed by atoms with van der Waals surface area (Å²) in [5.41, 5.74) is 5.61. The van der Waals surface area contributed by atoms with Gasteiger partial charge in [0.05, 0.1) is 20.1 Å². The molecule has 38 heavy (non-hydrogen) atoms. The zero-order valence-electron chi connectivity index (χ0n) is 21.7. The monoisotopic (exact) mass is 509 g/mol. The van der Waals surface area contributed by atoms with Crippen LogP contribution in [-0.2, 0) is 16.1 Å². The van der Waals surface area contributed by atoms with Crippen LogP contribution in [0.5, 0.6) is 0 Å². The van der Waals surface area contributed by atoms with E-state index in [1.807, 2.05) is 80.6 Å². The van der Waals surface area contributed by atoms with E-state index in [9.17, 15) is 14.4 Å². The predicted molar refractivity (Wildman–Crippen MR) is 151 cm³/mol. The average molecular weight is 510 g/mol. The number of carbonyl (C=O) groups excluding carboxylic acids is 2. The van der Waals surface area contributed by atoms with Crippen LogP contribution >= 0.6 is 0 Å². The lowest BCUT2D eigenvalue weighted by atomic mass is 9.97. The molecule has 1 aromatic heterocycles. The van der Waals surface area contributed by atoms with Gasteiger partial charge in [0.25, 0.3) is 5.56 Å². The highest BCUT2D eigenvalue weighted by Gasteiger charge is 2.12. The molecule has 7 heteroatoms. The largest absolute Gasteiger partial charge is 0.469 e. The van der Waals surface area contributed by atoms with Crippen LogP contribution in [0.15, 0.2) is 95.9 Å². The number of ether oxygens (including phenoxy) is 1. The maximum absolute atomic E-state index is 13.2. The normalized spacial score (nSPS) is 11.4. The van der Waals surface area contributed by atoms with Crippen molar-refractivity contribution in [3.8, 4) is 11.1 Å². The maximum atomic E-state index is 13.2. The van der Waals surface area contributed by atoms with Gasteiger partial charge in [0.2, 0.25) is 0 Å². The molecule has 0 aliphatic rings. The standard InChI is InChI=1S/C31H31N3O4/c1-21-7-4-5-9-28(21)33-31(37)32-26-16-14-25(15-17-26)27-8-6-18-34(30(27)36)20-23-10-12-24(13-11-23)22(2)19-29(35)38-3/h4-18,22H,19-20H2,1-3H3,(H2,32,33,37)/t22-/m0/s1. The van der Waals surface area contributed by atoms with Crippen molar-refractivity contribution in [3.05, 3.63) is 118 Å². The molecule has 0 spiro atoms. The lowest BCUT2D eigenvalue weighted by molar-refractivity contribution is -0.140. The number of esters is 1. The molecule has 0 saturated heterocycles. The van der Waals surface area contributed by atoms with Crippen molar-refractivity contribution in [1.82, 2.24) is 4.57 Å². The third kappa shape index (κ3) is 6.56. The SMILES string of the molecule is COC(=O)C[C@H](C)c1ccc(Cn2cccc(-c3ccc(NC(=O)Nc4ccccc4C)cc3)c2=O)cc1. The number of aromatic nitrogens is 1. The minimum Gasteiger partial charge on any atom is -0.469 e. The number of hydrogen-bond donors (Lipinski definition) is 2. The Morgan fingerprint density at radius 3 is 2.29 bits per heavy atom. The summed E-state index contributed by atoms with van der Waals surface area (Å²) in [5.74, 6) is -0.187. The van der Waals surface area contributed by atoms with Gasteiger partial charge < -0.3 is 19.9 Å². The molecular weight excluding hydrogens is 478 g/mol. The Kier molecular flexibility index (Phi) is 8.38. The van der Waals surface area contributed by atoms with Crippen LogP contribution in [0.3, 0.4) is 0 Å². The number of amides is 2. The third-order valence-electron chi connectivity index (χ3n) is 6.47. The number of methoxy groups -OCH3 is 1. The summed E-state index contributed by atoms with van der Waals surface area (Å²) in [6.45, 7) is 4.34. The summed E-state index contributed by atoms with van der Waals surface area (Å²) < 4.78 is 6.43. The van der Waals surface area contributed by atoms with Gasteiger partial charge in [-0.2, -0.15) is 0 Å². The lowest BCUT2D eigenvalue weighted by Gasteiger charge is -2.13. The fourth-order valence-electron chi connectivity index (χ4n) is 4.21. The van der Waals surface area contributed by atoms with Gasteiger partial charge in [-0.1, -0.05) is 61.5 Å². The number of nitrogens with zero attached hydrogens (tertiary/aromatic N) is 1. The van der Waals surface area contributed by atoms with E-state index in [0.717, 1.165) is 27.9 Å². The topological polar surface area (TPSA) is 89.4 Å². The minimum atomic E-state index is -0.333. The number of benzene rings is 3. The predicted octanol–water partition coefficient (Wildman–Crippen LogP) is 6.18. The van der Waals surface area contributed by atoms with Crippen LogP contribution in [0.1, 0.15) is 36.0 Å². The van der Waals surface area contributed by atoms with Crippen molar-refractivity contribution in [2.24, 2.45) is 0 Å². The molecule has 2 N–H and O–H groups in total. The van der Waals surface area contributed by atoms with Crippen LogP contribution < -0.4 is 16.2 Å². The van der Waals surface area contributed by atoms with Crippen LogP contribution in [0.25, 0.3) is 11.1 Å². The van der Waals surface area contributed by atoms with Crippen molar-refractivity contribution < 1.29 is 14.3 Å². The molecule has 0 aliphatic carbocycles. The van der Waals surface area contributed by atoms with E-state index in [0.29, 0.717) is 24.2 Å². The van der Waals surface area contributed by atoms with Crippen LogP contribution in [0.4, 0.5) is 16.2 Å². The molecule has 0 aliphatic heterocycles. The van der Waals surface area contributed by atoms with Crippen molar-refractivity contribution in [3.63, 3.8) is 0 Å². The van der Waals surface area contributed by atoms with Crippen molar-refractivity contribution in [2.75, 3.05) is 17.7 Å². The zero-order chi connectivity index (χ0) is 27.1. The van der Waals surface area contributed by atoms with E-state index in [-0.39, 0.29) is 23.5 Å². The first-order valence-electron chi connectivity index (χ1n) is 12.4. The summed E-state index contributed by atoms with van der Waals surface area (Å²) in [5, 5.41) is 5.66. The van der Waals surface area contributed by atoms with Gasteiger partial charge in [-0.25, -0.2) is 4.79 Å². The van der Waals surface area contributed by atoms with Crippen LogP contribution in [0.2, 0.25) is 0 Å². The Morgan fingerprint density at radius 1 is 0.895 bits per heavy atom. The van der Waals surface area contributed by atoms with Gasteiger partial charge in [-0.15, -0.1) is 0 Å². The third-order valence-corrected chi connectivity index (χ3v) is 6.47. The van der Waals surface area contributed by atoms with Gasteiger partial charge >= 0.3 is 12.0 Å². The molecule has 4 aromatic rings. The van der Waals surface area contributed by atoms with Crippen molar-refractivity contribution in [2.45, 2.75) is 32.7 Å². The van der Waals surface area contributed by atoms with E-state index in [1.54, 1.807) is 29.0 Å². The summed E-state index contributed by atoms with van der Waals surface area (Å²) in [6.07, 6.45) is 2.09. The number of anilines is 2. The Morgan fingerprint density at radius 2 is 1.61 bits per heavy atom. The highest BCUT2D eigenvalue weighted by molar-refractivity contribution is 6.00. The number of para-hydroxylation sites is 1. The minimum absolute atomic E-state index is 0.0496. The highest BCUT2D eigenvalue weighted by Crippen LogP contribution is 2.22. The molecule has 1 atom stereocenters. The molecular formula is C31H31N3O4. The number of aryl methyl sites for hydroxylation is 1. The second-order valence-electron chi connectivity index (χ2n) is 9.25. The van der Waals surface area contributed by atoms with Crippen LogP contribution in [-0.4, -0.2) is 23.7 Å². The quantitative estimate of drug-likeness (QED) is 0.278. The van der Waals surface area contributed by atoms with Gasteiger partial charge in [0, 0.05) is 23.1 Å². The molecule has 1 heterocycles. The van der Waals surface area contributed by atoms with E-state index >= 15 is 0 Å². The Bertz CT molecular complexity index is 1470. The Balaban J connectivity index is 1.43. The second-order valence-corrected chi connectivity index (χ2v) is 9.25. The molecule has 2 amide bonds. The summed E-state index contributed by atoms with van der Waals surface area (Å²) >= 11 is 0. The second kappa shape index (κ2) is 12.1. The molecule has 0 bridgehead atoms. The molecule has 0 fully saturated rings. The summed E-state index contributed by atoms with van der Waals surface area (Å²) in [6, 6.07) is 26.0. The highest BCUT2D eigenvalue weighted by atomic mass is 16.5. The van der Waals surface area contributed by atoms with E-state index in [4.69, 9.17) is 4.74 Å². The molecule has 0 radical (unpaired) electrons. The number of pyridine rings is 1. The fourth-order valence-corrected chi connectivity index (χ4v) is 4.21. The van der Waals surface area contributed by atoms with Crippen molar-refractivity contribution >= 4 is 23.4 Å². The molecule has 0 saturated carbocycles. The van der Waals surface area contributed by atoms with E-state index in [1.165, 1.54) is 7.11 Å². The van der Waals surface area contributed by atoms with Gasteiger partial charge in [-0.3, -0.25) is 9.59 Å². The van der Waals surface area contributed by atoms with Gasteiger partial charge in [0.15, 0.2) is 0 Å². The van der Waals surface area contributed by atoms with Gasteiger partial charge in [0.1, 0.15) is 0 Å². The molecule has 4 rings (SSSR count). The Labute approximate surface area is 222 Å². The number of rotatable bonds is 8. The number of carbonyl (C=O) groups is 2. The van der Waals surface area contributed by atoms with Gasteiger partial charge in [-0.05, 0) is 65.4 Å². The number of urea groups is 1. The maximum Gasteiger partial charge on any atom is 0.323 e. The molecule has 3 aromatic carbocycles. The number of hydrogen-bond acceptors (Lipinski definition) is 4. The zero-order valence-corrected chi connectivity index (χ0v) is 21.7. The van der Waals surface area contributed by atoms with E-state index in [2.05, 4.69) is 10.6 Å². The average Bonchev–Trinajstić information content (AvgIpc) is 2.92. The van der Waals surface area contributed by atoms with Crippen LogP contribution in [0, 0.1) is 6.92 Å². The smallest absolute Gasteiger partial charge is 0.323 e. The fraction of sp³-hybridized carbons (Fsp3) is 0.194. The van der Waals surface area contributed by atoms with Crippen molar-refractivity contribution in [1.29, 1.82) is 0 Å². The molecule has 194 valence electrons. The number of nitrogens with one attached hydrogen (secondary N) is 2. The van der Waals surface area contributed by atoms with E-state index < -0.39 is 0 Å². The summed E-state index contributed by atoms with van der Waals surface area (Å²) in [4.78, 5) is 37.2. The lowest BCUT2D eigenvalue weighted by Crippen LogP contribution is -2.21. The Hall–Kier alpha value is -4.65. The molecule has 0 unspecified atom stereocenters. The summed E-state index contributed by atoms with van der Waals surface area (Å²) in [7, 11) is 1.39. The molecule has 7 nitrogen and oxygen atoms in total. The first-order valence-corrected chi connectivity index (χ1v) is 12.4. The first-order chi connectivity index (χ1) is 18.3. The first kappa shape index (κ1) is 26.4.